The van der Waals surface area contributed by atoms with E-state index in [0.29, 0.717) is 10.9 Å². The Bertz CT molecular complexity index is 4240. The van der Waals surface area contributed by atoms with Crippen LogP contribution in [0.25, 0.3) is 88.4 Å². The third-order valence-electron chi connectivity index (χ3n) is 13.7. The molecule has 0 radical (unpaired) electrons. The van der Waals surface area contributed by atoms with Gasteiger partial charge in [0, 0.05) is 38.4 Å². The highest BCUT2D eigenvalue weighted by atomic mass is 28.3. The highest BCUT2D eigenvalue weighted by Gasteiger charge is 2.41. The Morgan fingerprint density at radius 3 is 1.36 bits per heavy atom. The molecule has 2 nitrogen and oxygen atoms in total. The summed E-state index contributed by atoms with van der Waals surface area (Å²) < 4.78 is 72.7. The number of hydrogen-bond donors (Lipinski definition) is 0. The predicted octanol–water partition coefficient (Wildman–Crippen LogP) is 14.3. The van der Waals surface area contributed by atoms with Crippen LogP contribution in [0.4, 0.5) is 0 Å². The van der Waals surface area contributed by atoms with Crippen LogP contribution in [-0.2, 0) is 0 Å². The van der Waals surface area contributed by atoms with Gasteiger partial charge in [-0.25, -0.2) is 0 Å². The molecular formula is C66H46N2Si. The van der Waals surface area contributed by atoms with Crippen molar-refractivity contribution < 1.29 is 9.60 Å². The van der Waals surface area contributed by atoms with E-state index in [0.717, 1.165) is 76.4 Å². The summed E-state index contributed by atoms with van der Waals surface area (Å²) in [6.45, 7) is 0. The van der Waals surface area contributed by atoms with Gasteiger partial charge in [-0.05, 0) is 79.4 Å². The third-order valence-corrected chi connectivity index (χ3v) is 18.3. The zero-order chi connectivity index (χ0) is 51.8. The quantitative estimate of drug-likeness (QED) is 0.101. The summed E-state index contributed by atoms with van der Waals surface area (Å²) in [6, 6.07) is 78.4. The van der Waals surface area contributed by atoms with Gasteiger partial charge in [-0.2, -0.15) is 0 Å². The van der Waals surface area contributed by atoms with Gasteiger partial charge in [0.25, 0.3) is 0 Å². The number of para-hydroxylation sites is 2. The molecule has 0 saturated heterocycles. The second-order valence-corrected chi connectivity index (χ2v) is 21.1. The molecule has 13 rings (SSSR count). The van der Waals surface area contributed by atoms with Crippen LogP contribution in [0.5, 0.6) is 0 Å². The second-order valence-electron chi connectivity index (χ2n) is 17.4. The van der Waals surface area contributed by atoms with Crippen molar-refractivity contribution in [2.24, 2.45) is 0 Å². The van der Waals surface area contributed by atoms with Crippen molar-refractivity contribution in [1.29, 1.82) is 0 Å². The van der Waals surface area contributed by atoms with Crippen LogP contribution in [0.1, 0.15) is 9.60 Å². The lowest BCUT2D eigenvalue weighted by Crippen LogP contribution is -2.74. The summed E-state index contributed by atoms with van der Waals surface area (Å²) in [5.41, 5.74) is 9.98. The van der Waals surface area contributed by atoms with Gasteiger partial charge in [-0.1, -0.05) is 243 Å². The fraction of sp³-hybridized carbons (Fsp3) is 0. The van der Waals surface area contributed by atoms with E-state index in [4.69, 9.17) is 2.74 Å². The minimum atomic E-state index is -3.66. The average molecular weight is 902 g/mol. The lowest BCUT2D eigenvalue weighted by atomic mass is 9.95. The summed E-state index contributed by atoms with van der Waals surface area (Å²) in [5.74, 6) is 0. The van der Waals surface area contributed by atoms with Gasteiger partial charge in [0.05, 0.1) is 37.3 Å². The van der Waals surface area contributed by atoms with E-state index in [2.05, 4.69) is 150 Å². The zero-order valence-corrected chi connectivity index (χ0v) is 38.4. The smallest absolute Gasteiger partial charge is 0.179 e. The van der Waals surface area contributed by atoms with Crippen molar-refractivity contribution in [2.75, 3.05) is 0 Å². The molecule has 0 aliphatic heterocycles. The van der Waals surface area contributed by atoms with E-state index in [1.165, 1.54) is 0 Å². The van der Waals surface area contributed by atoms with Gasteiger partial charge in [0.1, 0.15) is 0 Å². The van der Waals surface area contributed by atoms with Crippen molar-refractivity contribution in [2.45, 2.75) is 0 Å². The Morgan fingerprint density at radius 2 is 0.797 bits per heavy atom. The molecule has 0 aliphatic carbocycles. The van der Waals surface area contributed by atoms with Crippen LogP contribution >= 0.6 is 0 Å². The largest absolute Gasteiger partial charge is 0.309 e. The first-order chi connectivity index (χ1) is 37.2. The second kappa shape index (κ2) is 16.8. The SMILES string of the molecule is [2H]c1c([2H])c([2H])c2c(c1[2H])c1c([2H])c([2H])c([Si](c3ccccc3)(c3ccccc3)c3ccccc3)c([2H])c1n2-c1ccc2c(c1)c1c(-c3ccccc3)cccc1n2-c1c(-c2ccccc2)cccc1-c1ccccc1. The Balaban J connectivity index is 1.21. The highest BCUT2D eigenvalue weighted by molar-refractivity contribution is 7.20. The van der Waals surface area contributed by atoms with Gasteiger partial charge >= 0.3 is 0 Å². The standard InChI is InChI=1S/C66H46N2Si/c1-7-23-47(24-8-1)55-36-22-40-63-65(55)60-45-50(41-44-62(60)68(63)66-56(48-25-9-2-10-26-48)37-21-38-57(66)49-27-11-3-12-28-49)67-61-39-20-19-35-58(61)59-43-42-54(46-64(59)67)69(51-29-13-4-14-30-51,52-31-15-5-16-32-52)53-33-17-6-18-34-53/h1-46H/i19D,20D,35D,39D,42D,43D,46D. The molecule has 13 aromatic rings. The van der Waals surface area contributed by atoms with Crippen LogP contribution < -0.4 is 20.7 Å². The van der Waals surface area contributed by atoms with Gasteiger partial charge in [-0.3, -0.25) is 0 Å². The van der Waals surface area contributed by atoms with Crippen molar-refractivity contribution in [1.82, 2.24) is 9.13 Å². The van der Waals surface area contributed by atoms with Gasteiger partial charge < -0.3 is 9.13 Å². The maximum atomic E-state index is 10.8. The molecule has 0 atom stereocenters. The highest BCUT2D eigenvalue weighted by Crippen LogP contribution is 2.45. The topological polar surface area (TPSA) is 9.86 Å². The lowest BCUT2D eigenvalue weighted by molar-refractivity contribution is 1.17. The molecule has 324 valence electrons. The Hall–Kier alpha value is -8.76. The van der Waals surface area contributed by atoms with Gasteiger partial charge in [0.15, 0.2) is 8.07 Å². The first kappa shape index (κ1) is 33.7. The Morgan fingerprint density at radius 1 is 0.319 bits per heavy atom. The fourth-order valence-electron chi connectivity index (χ4n) is 10.7. The molecule has 2 heterocycles. The number of nitrogens with zero attached hydrogens (tertiary/aromatic N) is 2. The molecule has 0 unspecified atom stereocenters. The molecule has 0 amide bonds. The van der Waals surface area contributed by atoms with Crippen molar-refractivity contribution in [3.8, 4) is 44.8 Å². The molecule has 0 bridgehead atoms. The van der Waals surface area contributed by atoms with Crippen molar-refractivity contribution >= 4 is 72.4 Å². The Labute approximate surface area is 413 Å². The zero-order valence-electron chi connectivity index (χ0n) is 44.4. The molecule has 0 saturated carbocycles. The summed E-state index contributed by atoms with van der Waals surface area (Å²) in [7, 11) is -3.66. The summed E-state index contributed by atoms with van der Waals surface area (Å²) >= 11 is 0. The number of fused-ring (bicyclic) bond motifs is 6. The first-order valence-corrected chi connectivity index (χ1v) is 25.3. The van der Waals surface area contributed by atoms with E-state index in [1.54, 1.807) is 4.57 Å². The molecule has 3 heteroatoms. The van der Waals surface area contributed by atoms with E-state index in [-0.39, 0.29) is 52.0 Å². The maximum Gasteiger partial charge on any atom is 0.179 e. The molecule has 0 spiro atoms. The molecule has 0 N–H and O–H groups in total. The molecule has 0 fully saturated rings. The summed E-state index contributed by atoms with van der Waals surface area (Å²) in [6.07, 6.45) is 0. The average Bonchev–Trinajstić information content (AvgIpc) is 4.08. The monoisotopic (exact) mass is 901 g/mol. The van der Waals surface area contributed by atoms with Crippen molar-refractivity contribution in [3.05, 3.63) is 279 Å². The van der Waals surface area contributed by atoms with Crippen LogP contribution in [-0.4, -0.2) is 17.2 Å². The molecule has 0 aliphatic rings. The van der Waals surface area contributed by atoms with E-state index in [1.807, 2.05) is 91.0 Å². The molecule has 69 heavy (non-hydrogen) atoms. The van der Waals surface area contributed by atoms with E-state index >= 15 is 0 Å². The van der Waals surface area contributed by atoms with E-state index < -0.39 is 20.2 Å². The number of hydrogen-bond acceptors (Lipinski definition) is 0. The molecule has 2 aromatic heterocycles. The van der Waals surface area contributed by atoms with E-state index in [9.17, 15) is 6.85 Å². The number of aromatic nitrogens is 2. The van der Waals surface area contributed by atoms with Gasteiger partial charge in [-0.15, -0.1) is 0 Å². The predicted molar refractivity (Wildman–Crippen MR) is 295 cm³/mol. The maximum absolute atomic E-state index is 10.8. The fourth-order valence-corrected chi connectivity index (χ4v) is 15.2. The molecule has 11 aromatic carbocycles. The summed E-state index contributed by atoms with van der Waals surface area (Å²) in [4.78, 5) is 0. The van der Waals surface area contributed by atoms with Crippen LogP contribution in [0.15, 0.2) is 279 Å². The number of rotatable bonds is 9. The van der Waals surface area contributed by atoms with Crippen molar-refractivity contribution in [3.63, 3.8) is 0 Å². The van der Waals surface area contributed by atoms with Crippen LogP contribution in [0.3, 0.4) is 0 Å². The minimum absolute atomic E-state index is 0.0101. The first-order valence-electron chi connectivity index (χ1n) is 26.8. The Kier molecular flexibility index (Phi) is 8.21. The normalized spacial score (nSPS) is 13.2. The van der Waals surface area contributed by atoms with Gasteiger partial charge in [0.2, 0.25) is 0 Å². The number of benzene rings is 11. The van der Waals surface area contributed by atoms with Crippen LogP contribution in [0, 0.1) is 0 Å². The van der Waals surface area contributed by atoms with Crippen LogP contribution in [0.2, 0.25) is 0 Å². The minimum Gasteiger partial charge on any atom is -0.309 e. The third kappa shape index (κ3) is 6.54. The summed E-state index contributed by atoms with van der Waals surface area (Å²) in [5, 5.41) is 5.25. The molecular weight excluding hydrogens is 849 g/mol. The lowest BCUT2D eigenvalue weighted by Gasteiger charge is -2.34.